The van der Waals surface area contributed by atoms with Crippen molar-refractivity contribution in [2.75, 3.05) is 34.8 Å². The number of anilines is 4. The average Bonchev–Trinajstić information content (AvgIpc) is 3.23. The molecule has 1 amide bonds. The van der Waals surface area contributed by atoms with Crippen LogP contribution in [0.3, 0.4) is 0 Å². The summed E-state index contributed by atoms with van der Waals surface area (Å²) in [7, 11) is 1.75. The third kappa shape index (κ3) is 3.95. The summed E-state index contributed by atoms with van der Waals surface area (Å²) in [4.78, 5) is 28.0. The van der Waals surface area contributed by atoms with Crippen LogP contribution in [0.5, 0.6) is 0 Å². The SMILES string of the molecule is CCN(c1cc(F)cc(F)c1)c1ncc2c(n1)N(C1CCCC1)CC(C)(C)C(=O)N2C. The summed E-state index contributed by atoms with van der Waals surface area (Å²) >= 11 is 0. The second-order valence-corrected chi connectivity index (χ2v) is 9.06. The number of nitrogens with zero attached hydrogens (tertiary/aromatic N) is 5. The van der Waals surface area contributed by atoms with E-state index in [1.165, 1.54) is 12.1 Å². The highest BCUT2D eigenvalue weighted by atomic mass is 19.1. The van der Waals surface area contributed by atoms with Gasteiger partial charge in [-0.3, -0.25) is 4.79 Å². The lowest BCUT2D eigenvalue weighted by Crippen LogP contribution is -2.45. The number of hydrogen-bond donors (Lipinski definition) is 0. The van der Waals surface area contributed by atoms with E-state index in [4.69, 9.17) is 4.98 Å². The fourth-order valence-corrected chi connectivity index (χ4v) is 4.72. The van der Waals surface area contributed by atoms with Gasteiger partial charge in [-0.1, -0.05) is 12.8 Å². The van der Waals surface area contributed by atoms with E-state index in [0.717, 1.165) is 31.7 Å². The Morgan fingerprint density at radius 1 is 1.16 bits per heavy atom. The maximum absolute atomic E-state index is 13.9. The number of carbonyl (C=O) groups excluding carboxylic acids is 1. The van der Waals surface area contributed by atoms with Gasteiger partial charge in [0.15, 0.2) is 5.82 Å². The standard InChI is InChI=1S/C23H29F2N5O/c1-5-29(18-11-15(24)10-16(25)12-18)22-26-13-19-20(27-22)30(17-8-6-7-9-17)14-23(2,3)21(31)28(19)4/h10-13,17H,5-9,14H2,1-4H3. The molecule has 0 unspecified atom stereocenters. The van der Waals surface area contributed by atoms with Crippen LogP contribution in [0.2, 0.25) is 0 Å². The molecule has 4 rings (SSSR count). The third-order valence-electron chi connectivity index (χ3n) is 6.30. The zero-order valence-corrected chi connectivity index (χ0v) is 18.5. The topological polar surface area (TPSA) is 52.6 Å². The van der Waals surface area contributed by atoms with E-state index >= 15 is 0 Å². The number of fused-ring (bicyclic) bond motifs is 1. The van der Waals surface area contributed by atoms with Gasteiger partial charge in [0, 0.05) is 37.9 Å². The maximum Gasteiger partial charge on any atom is 0.234 e. The molecule has 6 nitrogen and oxygen atoms in total. The van der Waals surface area contributed by atoms with E-state index < -0.39 is 17.0 Å². The van der Waals surface area contributed by atoms with Crippen LogP contribution in [0.1, 0.15) is 46.5 Å². The molecule has 1 fully saturated rings. The molecule has 1 aromatic heterocycles. The molecular formula is C23H29F2N5O. The lowest BCUT2D eigenvalue weighted by molar-refractivity contribution is -0.125. The van der Waals surface area contributed by atoms with Crippen molar-refractivity contribution in [1.29, 1.82) is 0 Å². The molecule has 1 aromatic carbocycles. The molecule has 1 aliphatic carbocycles. The lowest BCUT2D eigenvalue weighted by Gasteiger charge is -2.34. The van der Waals surface area contributed by atoms with Gasteiger partial charge in [-0.15, -0.1) is 0 Å². The summed E-state index contributed by atoms with van der Waals surface area (Å²) < 4.78 is 27.7. The Morgan fingerprint density at radius 3 is 2.42 bits per heavy atom. The predicted molar refractivity (Wildman–Crippen MR) is 118 cm³/mol. The first-order valence-corrected chi connectivity index (χ1v) is 10.9. The second kappa shape index (κ2) is 8.05. The molecule has 0 bridgehead atoms. The van der Waals surface area contributed by atoms with Crippen LogP contribution in [0.4, 0.5) is 31.9 Å². The summed E-state index contributed by atoms with van der Waals surface area (Å²) in [5, 5.41) is 0. The normalized spacial score (nSPS) is 18.8. The van der Waals surface area contributed by atoms with E-state index in [0.29, 0.717) is 42.3 Å². The zero-order chi connectivity index (χ0) is 22.3. The van der Waals surface area contributed by atoms with E-state index in [9.17, 15) is 13.6 Å². The van der Waals surface area contributed by atoms with E-state index in [2.05, 4.69) is 9.88 Å². The van der Waals surface area contributed by atoms with Crippen molar-refractivity contribution < 1.29 is 13.6 Å². The van der Waals surface area contributed by atoms with Crippen molar-refractivity contribution in [2.45, 2.75) is 52.5 Å². The molecule has 31 heavy (non-hydrogen) atoms. The molecule has 0 spiro atoms. The first-order chi connectivity index (χ1) is 14.7. The van der Waals surface area contributed by atoms with Crippen LogP contribution in [-0.2, 0) is 4.79 Å². The van der Waals surface area contributed by atoms with Gasteiger partial charge in [0.25, 0.3) is 0 Å². The maximum atomic E-state index is 13.9. The quantitative estimate of drug-likeness (QED) is 0.707. The van der Waals surface area contributed by atoms with Crippen LogP contribution < -0.4 is 14.7 Å². The van der Waals surface area contributed by atoms with Gasteiger partial charge in [-0.2, -0.15) is 4.98 Å². The van der Waals surface area contributed by atoms with Gasteiger partial charge in [-0.05, 0) is 45.7 Å². The van der Waals surface area contributed by atoms with Gasteiger partial charge < -0.3 is 14.7 Å². The highest BCUT2D eigenvalue weighted by molar-refractivity contribution is 6.00. The predicted octanol–water partition coefficient (Wildman–Crippen LogP) is 4.66. The van der Waals surface area contributed by atoms with Crippen molar-refractivity contribution in [3.8, 4) is 0 Å². The fourth-order valence-electron chi connectivity index (χ4n) is 4.72. The summed E-state index contributed by atoms with van der Waals surface area (Å²) in [6.45, 7) is 6.80. The van der Waals surface area contributed by atoms with Crippen LogP contribution in [0.15, 0.2) is 24.4 Å². The summed E-state index contributed by atoms with van der Waals surface area (Å²) in [5.74, 6) is -0.223. The second-order valence-electron chi connectivity index (χ2n) is 9.06. The van der Waals surface area contributed by atoms with Crippen molar-refractivity contribution in [3.63, 3.8) is 0 Å². The molecule has 2 aliphatic rings. The Balaban J connectivity index is 1.83. The number of rotatable bonds is 4. The Hall–Kier alpha value is -2.77. The molecule has 1 aliphatic heterocycles. The molecule has 2 heterocycles. The molecule has 0 saturated heterocycles. The van der Waals surface area contributed by atoms with Crippen molar-refractivity contribution in [2.24, 2.45) is 5.41 Å². The van der Waals surface area contributed by atoms with Crippen LogP contribution in [-0.4, -0.2) is 42.1 Å². The number of hydrogen-bond acceptors (Lipinski definition) is 5. The average molecular weight is 430 g/mol. The highest BCUT2D eigenvalue weighted by Gasteiger charge is 2.41. The van der Waals surface area contributed by atoms with Crippen molar-refractivity contribution >= 4 is 29.0 Å². The Bertz CT molecular complexity index is 970. The fraction of sp³-hybridized carbons (Fsp3) is 0.522. The lowest BCUT2D eigenvalue weighted by atomic mass is 9.91. The highest BCUT2D eigenvalue weighted by Crippen LogP contribution is 2.41. The Kier molecular flexibility index (Phi) is 5.58. The number of amides is 1. The number of halogens is 2. The minimum absolute atomic E-state index is 0.0187. The minimum Gasteiger partial charge on any atom is -0.351 e. The minimum atomic E-state index is -0.650. The summed E-state index contributed by atoms with van der Waals surface area (Å²) in [6.07, 6.45) is 6.07. The van der Waals surface area contributed by atoms with Gasteiger partial charge in [0.2, 0.25) is 11.9 Å². The number of benzene rings is 1. The van der Waals surface area contributed by atoms with Gasteiger partial charge in [-0.25, -0.2) is 13.8 Å². The number of aromatic nitrogens is 2. The molecule has 166 valence electrons. The van der Waals surface area contributed by atoms with Crippen LogP contribution in [0.25, 0.3) is 0 Å². The van der Waals surface area contributed by atoms with E-state index in [1.807, 2.05) is 20.8 Å². The zero-order valence-electron chi connectivity index (χ0n) is 18.5. The molecule has 0 atom stereocenters. The molecule has 0 N–H and O–H groups in total. The Morgan fingerprint density at radius 2 is 1.81 bits per heavy atom. The van der Waals surface area contributed by atoms with Crippen molar-refractivity contribution in [3.05, 3.63) is 36.0 Å². The smallest absolute Gasteiger partial charge is 0.234 e. The monoisotopic (exact) mass is 429 g/mol. The van der Waals surface area contributed by atoms with E-state index in [-0.39, 0.29) is 5.91 Å². The molecular weight excluding hydrogens is 400 g/mol. The first-order valence-electron chi connectivity index (χ1n) is 10.9. The molecule has 8 heteroatoms. The van der Waals surface area contributed by atoms with E-state index in [1.54, 1.807) is 23.0 Å². The summed E-state index contributed by atoms with van der Waals surface area (Å²) in [5.41, 5.74) is 0.437. The molecule has 2 aromatic rings. The van der Waals surface area contributed by atoms with Crippen molar-refractivity contribution in [1.82, 2.24) is 9.97 Å². The molecule has 0 radical (unpaired) electrons. The Labute approximate surface area is 181 Å². The largest absolute Gasteiger partial charge is 0.351 e. The van der Waals surface area contributed by atoms with Gasteiger partial charge in [0.05, 0.1) is 11.6 Å². The molecule has 1 saturated carbocycles. The summed E-state index contributed by atoms with van der Waals surface area (Å²) in [6, 6.07) is 3.70. The first kappa shape index (κ1) is 21.5. The third-order valence-corrected chi connectivity index (χ3v) is 6.30. The number of carbonyl (C=O) groups is 1. The van der Waals surface area contributed by atoms with Gasteiger partial charge >= 0.3 is 0 Å². The van der Waals surface area contributed by atoms with Crippen LogP contribution in [0, 0.1) is 17.0 Å². The van der Waals surface area contributed by atoms with Gasteiger partial charge in [0.1, 0.15) is 17.3 Å². The van der Waals surface area contributed by atoms with Crippen LogP contribution >= 0.6 is 0 Å².